The number of hydrogen-bond donors (Lipinski definition) is 2. The molecule has 0 aliphatic heterocycles. The molecule has 2 aliphatic rings. The number of hydrogen-bond acceptors (Lipinski definition) is 3. The lowest BCUT2D eigenvalue weighted by Crippen LogP contribution is -2.36. The summed E-state index contributed by atoms with van der Waals surface area (Å²) in [5.74, 6) is -3.02. The molecule has 1 amide bonds. The Bertz CT molecular complexity index is 1160. The van der Waals surface area contributed by atoms with Gasteiger partial charge in [-0.1, -0.05) is 78.9 Å². The van der Waals surface area contributed by atoms with E-state index in [1.807, 2.05) is 72.8 Å². The fraction of sp³-hybridized carbons (Fsp3) is 0.148. The van der Waals surface area contributed by atoms with Crippen LogP contribution in [0.4, 0.5) is 5.82 Å². The Kier molecular flexibility index (Phi) is 5.15. The summed E-state index contributed by atoms with van der Waals surface area (Å²) in [6, 6.07) is 25.2. The number of nitrogens with one attached hydrogen (secondary N) is 1. The van der Waals surface area contributed by atoms with Crippen LogP contribution in [0.15, 0.2) is 103 Å². The van der Waals surface area contributed by atoms with Crippen LogP contribution in [0.5, 0.6) is 0 Å². The minimum Gasteiger partial charge on any atom is -0.481 e. The van der Waals surface area contributed by atoms with Gasteiger partial charge in [0.25, 0.3) is 0 Å². The predicted octanol–water partition coefficient (Wildman–Crippen LogP) is 4.66. The first-order chi connectivity index (χ1) is 15.6. The van der Waals surface area contributed by atoms with Crippen LogP contribution >= 0.6 is 0 Å². The molecule has 1 fully saturated rings. The largest absolute Gasteiger partial charge is 0.481 e. The van der Waals surface area contributed by atoms with E-state index in [0.717, 1.165) is 22.3 Å². The lowest BCUT2D eigenvalue weighted by atomic mass is 9.82. The number of carbonyl (C=O) groups excluding carboxylic acids is 1. The first-order valence-corrected chi connectivity index (χ1v) is 10.6. The minimum absolute atomic E-state index is 0.291. The smallest absolute Gasteiger partial charge is 0.308 e. The molecule has 0 radical (unpaired) electrons. The Morgan fingerprint density at radius 3 is 1.84 bits per heavy atom. The van der Waals surface area contributed by atoms with Gasteiger partial charge in [-0.25, -0.2) is 4.98 Å². The average molecular weight is 422 g/mol. The first-order valence-electron chi connectivity index (χ1n) is 10.6. The number of benzene rings is 2. The molecule has 5 rings (SSSR count). The van der Waals surface area contributed by atoms with Gasteiger partial charge < -0.3 is 10.4 Å². The number of rotatable bonds is 5. The predicted molar refractivity (Wildman–Crippen MR) is 123 cm³/mol. The van der Waals surface area contributed by atoms with Crippen LogP contribution in [0.2, 0.25) is 0 Å². The molecule has 4 atom stereocenters. The summed E-state index contributed by atoms with van der Waals surface area (Å²) < 4.78 is 0. The number of aromatic nitrogens is 1. The molecular formula is C27H22N2O3. The van der Waals surface area contributed by atoms with Crippen molar-refractivity contribution in [2.75, 3.05) is 5.32 Å². The topological polar surface area (TPSA) is 79.3 Å². The molecule has 2 aromatic carbocycles. The van der Waals surface area contributed by atoms with Crippen LogP contribution in [0, 0.1) is 23.7 Å². The maximum absolute atomic E-state index is 13.3. The molecule has 2 aliphatic carbocycles. The second-order valence-electron chi connectivity index (χ2n) is 8.09. The Morgan fingerprint density at radius 2 is 1.31 bits per heavy atom. The van der Waals surface area contributed by atoms with E-state index >= 15 is 0 Å². The standard InChI is InChI=1S/C27H22N2O3/c30-26(29-21-13-7-8-16-28-21)24-19-14-15-20(25(24)27(31)32)23(19)22(17-9-3-1-4-10-17)18-11-5-2-6-12-18/h1-16,19-20,24-25H,(H,31,32)(H,28,29,30)/t19-,20-,24-,25-/m0/s1. The van der Waals surface area contributed by atoms with Crippen LogP contribution in [-0.4, -0.2) is 22.0 Å². The van der Waals surface area contributed by atoms with Crippen molar-refractivity contribution in [1.82, 2.24) is 4.98 Å². The zero-order chi connectivity index (χ0) is 22.1. The van der Waals surface area contributed by atoms with E-state index in [0.29, 0.717) is 5.82 Å². The Morgan fingerprint density at radius 1 is 0.750 bits per heavy atom. The maximum Gasteiger partial charge on any atom is 0.308 e. The Balaban J connectivity index is 1.64. The number of carboxylic acid groups (broad SMARTS) is 1. The van der Waals surface area contributed by atoms with Crippen LogP contribution in [0.3, 0.4) is 0 Å². The highest BCUT2D eigenvalue weighted by Crippen LogP contribution is 2.55. The third-order valence-corrected chi connectivity index (χ3v) is 6.32. The highest BCUT2D eigenvalue weighted by atomic mass is 16.4. The molecule has 158 valence electrons. The van der Waals surface area contributed by atoms with Crippen molar-refractivity contribution in [1.29, 1.82) is 0 Å². The third-order valence-electron chi connectivity index (χ3n) is 6.32. The van der Waals surface area contributed by atoms with E-state index in [4.69, 9.17) is 0 Å². The van der Waals surface area contributed by atoms with Crippen molar-refractivity contribution in [2.24, 2.45) is 23.7 Å². The summed E-state index contributed by atoms with van der Waals surface area (Å²) in [5.41, 5.74) is 4.03. The summed E-state index contributed by atoms with van der Waals surface area (Å²) in [7, 11) is 0. The quantitative estimate of drug-likeness (QED) is 0.587. The number of carbonyl (C=O) groups is 2. The number of allylic oxidation sites excluding steroid dienone is 3. The van der Waals surface area contributed by atoms with Gasteiger partial charge in [-0.3, -0.25) is 9.59 Å². The third kappa shape index (κ3) is 3.42. The Labute approximate surface area is 186 Å². The summed E-state index contributed by atoms with van der Waals surface area (Å²) in [6.45, 7) is 0. The monoisotopic (exact) mass is 422 g/mol. The van der Waals surface area contributed by atoms with E-state index < -0.39 is 17.8 Å². The van der Waals surface area contributed by atoms with Crippen molar-refractivity contribution in [3.05, 3.63) is 114 Å². The molecule has 2 N–H and O–H groups in total. The van der Waals surface area contributed by atoms with Crippen LogP contribution in [0.25, 0.3) is 5.57 Å². The van der Waals surface area contributed by atoms with Crippen LogP contribution in [-0.2, 0) is 9.59 Å². The molecule has 1 heterocycles. The number of anilines is 1. The SMILES string of the molecule is O=C(O)[C@@H]1[C@@H](C(=O)Nc2ccccn2)[C@H]2C=C[C@H]1C2=C(c1ccccc1)c1ccccc1. The summed E-state index contributed by atoms with van der Waals surface area (Å²) >= 11 is 0. The van der Waals surface area contributed by atoms with Gasteiger partial charge in [0.15, 0.2) is 0 Å². The van der Waals surface area contributed by atoms with Crippen molar-refractivity contribution >= 4 is 23.3 Å². The van der Waals surface area contributed by atoms with Gasteiger partial charge in [0.2, 0.25) is 5.91 Å². The number of amides is 1. The molecule has 0 saturated heterocycles. The number of fused-ring (bicyclic) bond motifs is 2. The minimum atomic E-state index is -0.957. The lowest BCUT2D eigenvalue weighted by molar-refractivity contribution is -0.146. The molecule has 0 spiro atoms. The molecule has 1 aromatic heterocycles. The van der Waals surface area contributed by atoms with Gasteiger partial charge in [0.1, 0.15) is 5.82 Å². The number of nitrogens with zero attached hydrogens (tertiary/aromatic N) is 1. The van der Waals surface area contributed by atoms with E-state index in [9.17, 15) is 14.7 Å². The maximum atomic E-state index is 13.3. The second-order valence-corrected chi connectivity index (χ2v) is 8.09. The summed E-state index contributed by atoms with van der Waals surface area (Å²) in [4.78, 5) is 29.8. The molecule has 0 unspecified atom stereocenters. The fourth-order valence-corrected chi connectivity index (χ4v) is 5.06. The zero-order valence-corrected chi connectivity index (χ0v) is 17.3. The zero-order valence-electron chi connectivity index (χ0n) is 17.3. The van der Waals surface area contributed by atoms with Gasteiger partial charge in [-0.2, -0.15) is 0 Å². The Hall–Kier alpha value is -3.99. The second kappa shape index (κ2) is 8.27. The average Bonchev–Trinajstić information content (AvgIpc) is 3.37. The van der Waals surface area contributed by atoms with Gasteiger partial charge in [0.05, 0.1) is 11.8 Å². The lowest BCUT2D eigenvalue weighted by Gasteiger charge is -2.23. The van der Waals surface area contributed by atoms with Gasteiger partial charge >= 0.3 is 5.97 Å². The first kappa shape index (κ1) is 19.9. The van der Waals surface area contributed by atoms with Crippen molar-refractivity contribution in [3.63, 3.8) is 0 Å². The molecule has 2 bridgehead atoms. The normalized spacial score (nSPS) is 23.2. The summed E-state index contributed by atoms with van der Waals surface area (Å²) in [5, 5.41) is 12.9. The van der Waals surface area contributed by atoms with Gasteiger partial charge in [-0.05, 0) is 34.4 Å². The van der Waals surface area contributed by atoms with Crippen LogP contribution < -0.4 is 5.32 Å². The fourth-order valence-electron chi connectivity index (χ4n) is 5.06. The molecule has 32 heavy (non-hydrogen) atoms. The molecule has 5 nitrogen and oxygen atoms in total. The van der Waals surface area contributed by atoms with Crippen molar-refractivity contribution < 1.29 is 14.7 Å². The van der Waals surface area contributed by atoms with Crippen molar-refractivity contribution in [2.45, 2.75) is 0 Å². The van der Waals surface area contributed by atoms with Gasteiger partial charge in [0, 0.05) is 18.0 Å². The van der Waals surface area contributed by atoms with E-state index in [1.54, 1.807) is 24.4 Å². The number of pyridine rings is 1. The summed E-state index contributed by atoms with van der Waals surface area (Å²) in [6.07, 6.45) is 5.54. The highest BCUT2D eigenvalue weighted by molar-refractivity contribution is 5.98. The van der Waals surface area contributed by atoms with Crippen LogP contribution in [0.1, 0.15) is 11.1 Å². The number of aliphatic carboxylic acids is 1. The molecule has 1 saturated carbocycles. The van der Waals surface area contributed by atoms with Crippen molar-refractivity contribution in [3.8, 4) is 0 Å². The van der Waals surface area contributed by atoms with E-state index in [1.165, 1.54) is 0 Å². The highest BCUT2D eigenvalue weighted by Gasteiger charge is 2.55. The molecule has 5 heteroatoms. The molecular weight excluding hydrogens is 400 g/mol. The number of carboxylic acids is 1. The molecule has 3 aromatic rings. The van der Waals surface area contributed by atoms with E-state index in [2.05, 4.69) is 10.3 Å². The van der Waals surface area contributed by atoms with Gasteiger partial charge in [-0.15, -0.1) is 0 Å². The van der Waals surface area contributed by atoms with E-state index in [-0.39, 0.29) is 17.7 Å².